The number of hydrogen-bond donors (Lipinski definition) is 2. The highest BCUT2D eigenvalue weighted by atomic mass is 16.1. The number of aryl methyl sites for hydroxylation is 1. The van der Waals surface area contributed by atoms with E-state index in [2.05, 4.69) is 34.5 Å². The molecule has 4 heteroatoms. The summed E-state index contributed by atoms with van der Waals surface area (Å²) in [4.78, 5) is 14.6. The van der Waals surface area contributed by atoms with E-state index < -0.39 is 5.54 Å². The number of carbonyl (C=O) groups is 1. The number of carbonyl (C=O) groups excluding carboxylic acids is 1. The molecule has 0 radical (unpaired) electrons. The molecule has 4 nitrogen and oxygen atoms in total. The van der Waals surface area contributed by atoms with Crippen LogP contribution in [0.3, 0.4) is 0 Å². The Labute approximate surface area is 120 Å². The van der Waals surface area contributed by atoms with Crippen molar-refractivity contribution in [1.29, 1.82) is 0 Å². The van der Waals surface area contributed by atoms with Gasteiger partial charge in [-0.05, 0) is 36.9 Å². The van der Waals surface area contributed by atoms with Crippen LogP contribution in [0.15, 0.2) is 24.3 Å². The minimum absolute atomic E-state index is 0.158. The Morgan fingerprint density at radius 2 is 2.00 bits per heavy atom. The van der Waals surface area contributed by atoms with Gasteiger partial charge in [-0.15, -0.1) is 0 Å². The zero-order valence-corrected chi connectivity index (χ0v) is 11.9. The highest BCUT2D eigenvalue weighted by molar-refractivity contribution is 5.85. The normalized spacial score (nSPS) is 27.6. The number of nitrogens with zero attached hydrogens (tertiary/aromatic N) is 1. The highest BCUT2D eigenvalue weighted by Gasteiger charge is 2.44. The van der Waals surface area contributed by atoms with Gasteiger partial charge in [-0.3, -0.25) is 9.69 Å². The Morgan fingerprint density at radius 3 is 2.80 bits per heavy atom. The molecule has 1 unspecified atom stereocenters. The summed E-state index contributed by atoms with van der Waals surface area (Å²) in [5.74, 6) is -0.158. The number of nitrogens with two attached hydrogens (primary N) is 1. The van der Waals surface area contributed by atoms with E-state index in [4.69, 9.17) is 5.73 Å². The van der Waals surface area contributed by atoms with Crippen molar-refractivity contribution in [2.24, 2.45) is 5.73 Å². The Bertz CT molecular complexity index is 494. The van der Waals surface area contributed by atoms with Crippen molar-refractivity contribution < 1.29 is 4.79 Å². The lowest BCUT2D eigenvalue weighted by atomic mass is 9.76. The molecule has 0 aromatic heterocycles. The van der Waals surface area contributed by atoms with E-state index >= 15 is 0 Å². The van der Waals surface area contributed by atoms with Crippen LogP contribution in [0.25, 0.3) is 0 Å². The molecule has 1 aromatic rings. The number of rotatable bonds is 2. The second-order valence-corrected chi connectivity index (χ2v) is 5.93. The van der Waals surface area contributed by atoms with Crippen LogP contribution in [0.5, 0.6) is 0 Å². The third kappa shape index (κ3) is 2.34. The SMILES string of the molecule is NC(=O)C1(N2CCCNCC2)CCc2ccccc2C1. The van der Waals surface area contributed by atoms with Gasteiger partial charge in [0, 0.05) is 26.1 Å². The first kappa shape index (κ1) is 13.6. The van der Waals surface area contributed by atoms with Gasteiger partial charge >= 0.3 is 0 Å². The maximum absolute atomic E-state index is 12.3. The Kier molecular flexibility index (Phi) is 3.76. The minimum Gasteiger partial charge on any atom is -0.368 e. The van der Waals surface area contributed by atoms with E-state index in [9.17, 15) is 4.79 Å². The Hall–Kier alpha value is -1.39. The average Bonchev–Trinajstić information content (AvgIpc) is 2.76. The summed E-state index contributed by atoms with van der Waals surface area (Å²) in [6.45, 7) is 3.84. The molecule has 0 spiro atoms. The van der Waals surface area contributed by atoms with E-state index in [1.807, 2.05) is 0 Å². The lowest BCUT2D eigenvalue weighted by molar-refractivity contribution is -0.131. The molecule has 1 aromatic carbocycles. The van der Waals surface area contributed by atoms with E-state index in [1.165, 1.54) is 11.1 Å². The van der Waals surface area contributed by atoms with Crippen molar-refractivity contribution in [1.82, 2.24) is 10.2 Å². The Morgan fingerprint density at radius 1 is 1.20 bits per heavy atom. The van der Waals surface area contributed by atoms with Crippen molar-refractivity contribution in [2.45, 2.75) is 31.2 Å². The van der Waals surface area contributed by atoms with Gasteiger partial charge in [0.25, 0.3) is 0 Å². The van der Waals surface area contributed by atoms with Gasteiger partial charge < -0.3 is 11.1 Å². The van der Waals surface area contributed by atoms with Crippen molar-refractivity contribution >= 4 is 5.91 Å². The predicted octanol–water partition coefficient (Wildman–Crippen LogP) is 0.695. The van der Waals surface area contributed by atoms with E-state index in [0.717, 1.165) is 51.9 Å². The van der Waals surface area contributed by atoms with Gasteiger partial charge in [0.2, 0.25) is 5.91 Å². The van der Waals surface area contributed by atoms with Crippen molar-refractivity contribution in [3.63, 3.8) is 0 Å². The molecule has 0 bridgehead atoms. The van der Waals surface area contributed by atoms with Crippen LogP contribution in [0.4, 0.5) is 0 Å². The summed E-state index contributed by atoms with van der Waals surface area (Å²) >= 11 is 0. The highest BCUT2D eigenvalue weighted by Crippen LogP contribution is 2.33. The summed E-state index contributed by atoms with van der Waals surface area (Å²) in [6.07, 6.45) is 3.64. The maximum atomic E-state index is 12.3. The molecule has 108 valence electrons. The molecule has 1 atom stereocenters. The molecule has 1 aliphatic heterocycles. The standard InChI is InChI=1S/C16H23N3O/c17-15(20)16(19-10-3-8-18-9-11-19)7-6-13-4-1-2-5-14(13)12-16/h1-2,4-5,18H,3,6-12H2,(H2,17,20). The average molecular weight is 273 g/mol. The molecular formula is C16H23N3O. The summed E-state index contributed by atoms with van der Waals surface area (Å²) in [5, 5.41) is 3.40. The maximum Gasteiger partial charge on any atom is 0.238 e. The summed E-state index contributed by atoms with van der Waals surface area (Å²) in [7, 11) is 0. The van der Waals surface area contributed by atoms with Crippen molar-refractivity contribution in [3.05, 3.63) is 35.4 Å². The lowest BCUT2D eigenvalue weighted by Gasteiger charge is -2.44. The number of hydrogen-bond acceptors (Lipinski definition) is 3. The van der Waals surface area contributed by atoms with E-state index in [0.29, 0.717) is 0 Å². The summed E-state index contributed by atoms with van der Waals surface area (Å²) in [5.41, 5.74) is 8.01. The fourth-order valence-corrected chi connectivity index (χ4v) is 3.63. The van der Waals surface area contributed by atoms with Crippen LogP contribution < -0.4 is 11.1 Å². The van der Waals surface area contributed by atoms with Crippen molar-refractivity contribution in [3.8, 4) is 0 Å². The monoisotopic (exact) mass is 273 g/mol. The predicted molar refractivity (Wildman–Crippen MR) is 79.5 cm³/mol. The first-order valence-electron chi connectivity index (χ1n) is 7.55. The summed E-state index contributed by atoms with van der Waals surface area (Å²) in [6, 6.07) is 8.44. The number of primary amides is 1. The van der Waals surface area contributed by atoms with Gasteiger partial charge in [-0.1, -0.05) is 24.3 Å². The minimum atomic E-state index is -0.486. The van der Waals surface area contributed by atoms with Crippen LogP contribution in [0, 0.1) is 0 Å². The zero-order valence-electron chi connectivity index (χ0n) is 11.9. The molecule has 2 aliphatic rings. The van der Waals surface area contributed by atoms with Gasteiger partial charge in [-0.25, -0.2) is 0 Å². The molecule has 1 amide bonds. The summed E-state index contributed by atoms with van der Waals surface area (Å²) < 4.78 is 0. The molecule has 1 fully saturated rings. The van der Waals surface area contributed by atoms with Crippen LogP contribution in [0.1, 0.15) is 24.0 Å². The van der Waals surface area contributed by atoms with Crippen LogP contribution >= 0.6 is 0 Å². The molecule has 1 aliphatic carbocycles. The molecule has 0 saturated carbocycles. The number of benzene rings is 1. The third-order valence-corrected chi connectivity index (χ3v) is 4.81. The number of amides is 1. The second kappa shape index (κ2) is 5.54. The van der Waals surface area contributed by atoms with Gasteiger partial charge in [0.1, 0.15) is 5.54 Å². The topological polar surface area (TPSA) is 58.4 Å². The molecule has 3 N–H and O–H groups in total. The fraction of sp³-hybridized carbons (Fsp3) is 0.562. The molecular weight excluding hydrogens is 250 g/mol. The van der Waals surface area contributed by atoms with Gasteiger partial charge in [0.15, 0.2) is 0 Å². The van der Waals surface area contributed by atoms with Crippen LogP contribution in [0.2, 0.25) is 0 Å². The largest absolute Gasteiger partial charge is 0.368 e. The third-order valence-electron chi connectivity index (χ3n) is 4.81. The lowest BCUT2D eigenvalue weighted by Crippen LogP contribution is -2.61. The first-order valence-corrected chi connectivity index (χ1v) is 7.55. The van der Waals surface area contributed by atoms with E-state index in [-0.39, 0.29) is 5.91 Å². The molecule has 20 heavy (non-hydrogen) atoms. The van der Waals surface area contributed by atoms with E-state index in [1.54, 1.807) is 0 Å². The molecule has 1 saturated heterocycles. The Balaban J connectivity index is 1.91. The van der Waals surface area contributed by atoms with Gasteiger partial charge in [-0.2, -0.15) is 0 Å². The van der Waals surface area contributed by atoms with Crippen LogP contribution in [-0.2, 0) is 17.6 Å². The quantitative estimate of drug-likeness (QED) is 0.834. The second-order valence-electron chi connectivity index (χ2n) is 5.93. The van der Waals surface area contributed by atoms with Crippen LogP contribution in [-0.4, -0.2) is 42.5 Å². The number of fused-ring (bicyclic) bond motifs is 1. The zero-order chi connectivity index (χ0) is 14.0. The number of nitrogens with one attached hydrogen (secondary N) is 1. The smallest absolute Gasteiger partial charge is 0.238 e. The molecule has 3 rings (SSSR count). The molecule has 1 heterocycles. The fourth-order valence-electron chi connectivity index (χ4n) is 3.63. The van der Waals surface area contributed by atoms with Gasteiger partial charge in [0.05, 0.1) is 0 Å². The first-order chi connectivity index (χ1) is 9.72. The van der Waals surface area contributed by atoms with Crippen molar-refractivity contribution in [2.75, 3.05) is 26.2 Å².